The van der Waals surface area contributed by atoms with E-state index in [-0.39, 0.29) is 10.8 Å². The molecule has 0 atom stereocenters. The van der Waals surface area contributed by atoms with E-state index in [0.29, 0.717) is 51.3 Å². The minimum absolute atomic E-state index is 0.0458. The number of hydrogen-bond acceptors (Lipinski definition) is 6. The average molecular weight is 368 g/mol. The van der Waals surface area contributed by atoms with E-state index < -0.39 is 15.7 Å². The van der Waals surface area contributed by atoms with Crippen molar-refractivity contribution in [2.24, 2.45) is 0 Å². The molecular formula is C16H24N4O4S. The van der Waals surface area contributed by atoms with Crippen molar-refractivity contribution >= 4 is 21.6 Å². The molecule has 1 amide bonds. The fourth-order valence-corrected chi connectivity index (χ4v) is 4.82. The number of para-hydroxylation sites is 1. The van der Waals surface area contributed by atoms with Crippen LogP contribution in [0.25, 0.3) is 0 Å². The van der Waals surface area contributed by atoms with Crippen LogP contribution in [0, 0.1) is 0 Å². The molecule has 0 aromatic heterocycles. The Bertz CT molecular complexity index is 729. The predicted molar refractivity (Wildman–Crippen MR) is 93.7 cm³/mol. The number of sulfonamides is 1. The predicted octanol–water partition coefficient (Wildman–Crippen LogP) is -0.0549. The molecule has 1 aromatic carbocycles. The molecule has 0 aliphatic carbocycles. The van der Waals surface area contributed by atoms with Crippen LogP contribution in [0.15, 0.2) is 29.2 Å². The first-order valence-corrected chi connectivity index (χ1v) is 9.82. The van der Waals surface area contributed by atoms with E-state index in [9.17, 15) is 13.2 Å². The van der Waals surface area contributed by atoms with Crippen molar-refractivity contribution in [3.05, 3.63) is 24.3 Å². The molecule has 9 heteroatoms. The SMILES string of the molecule is COCCNC(=O)CN1CCC2(CC1)Nc1ccccc1S(=O)(=O)N2. The summed E-state index contributed by atoms with van der Waals surface area (Å²) in [5.41, 5.74) is -0.0528. The fourth-order valence-electron chi connectivity index (χ4n) is 3.27. The van der Waals surface area contributed by atoms with Gasteiger partial charge in [0.25, 0.3) is 0 Å². The maximum absolute atomic E-state index is 12.5. The Labute approximate surface area is 148 Å². The number of methoxy groups -OCH3 is 1. The van der Waals surface area contributed by atoms with Gasteiger partial charge in [0.05, 0.1) is 18.8 Å². The zero-order valence-corrected chi connectivity index (χ0v) is 15.1. The minimum atomic E-state index is -3.53. The summed E-state index contributed by atoms with van der Waals surface area (Å²) >= 11 is 0. The molecule has 25 heavy (non-hydrogen) atoms. The summed E-state index contributed by atoms with van der Waals surface area (Å²) in [6, 6.07) is 6.91. The standard InChI is InChI=1S/C16H24N4O4S/c1-24-11-8-17-15(21)12-20-9-6-16(7-10-20)18-13-4-2-3-5-14(13)25(22,23)19-16/h2-5,18-19H,6-12H2,1H3,(H,17,21). The Morgan fingerprint density at radius 2 is 2.04 bits per heavy atom. The van der Waals surface area contributed by atoms with Crippen LogP contribution in [0.3, 0.4) is 0 Å². The summed E-state index contributed by atoms with van der Waals surface area (Å²) in [6.07, 6.45) is 1.18. The summed E-state index contributed by atoms with van der Waals surface area (Å²) < 4.78 is 32.7. The van der Waals surface area contributed by atoms with Crippen molar-refractivity contribution < 1.29 is 17.9 Å². The highest BCUT2D eigenvalue weighted by molar-refractivity contribution is 7.89. The molecule has 0 unspecified atom stereocenters. The van der Waals surface area contributed by atoms with Crippen LogP contribution in [-0.4, -0.2) is 64.8 Å². The van der Waals surface area contributed by atoms with E-state index in [0.717, 1.165) is 0 Å². The summed E-state index contributed by atoms with van der Waals surface area (Å²) in [6.45, 7) is 2.55. The normalized spacial score (nSPS) is 21.3. The van der Waals surface area contributed by atoms with Gasteiger partial charge in [0.1, 0.15) is 10.6 Å². The molecule has 3 N–H and O–H groups in total. The van der Waals surface area contributed by atoms with Gasteiger partial charge in [-0.3, -0.25) is 9.69 Å². The lowest BCUT2D eigenvalue weighted by Crippen LogP contribution is -2.62. The van der Waals surface area contributed by atoms with Crippen LogP contribution in [0.5, 0.6) is 0 Å². The maximum Gasteiger partial charge on any atom is 0.244 e. The summed E-state index contributed by atoms with van der Waals surface area (Å²) in [7, 11) is -1.94. The third kappa shape index (κ3) is 4.12. The number of ether oxygens (including phenoxy) is 1. The molecule has 1 aromatic rings. The molecule has 1 fully saturated rings. The number of nitrogens with zero attached hydrogens (tertiary/aromatic N) is 1. The zero-order chi connectivity index (χ0) is 17.9. The lowest BCUT2D eigenvalue weighted by atomic mass is 9.97. The average Bonchev–Trinajstić information content (AvgIpc) is 2.57. The minimum Gasteiger partial charge on any atom is -0.383 e. The van der Waals surface area contributed by atoms with Crippen molar-refractivity contribution in [3.8, 4) is 0 Å². The number of likely N-dealkylation sites (tertiary alicyclic amines) is 1. The number of carbonyl (C=O) groups excluding carboxylic acids is 1. The first-order valence-electron chi connectivity index (χ1n) is 8.33. The monoisotopic (exact) mass is 368 g/mol. The Balaban J connectivity index is 1.60. The molecular weight excluding hydrogens is 344 g/mol. The van der Waals surface area contributed by atoms with E-state index in [1.807, 2.05) is 11.0 Å². The molecule has 0 radical (unpaired) electrons. The number of fused-ring (bicyclic) bond motifs is 1. The second-order valence-corrected chi connectivity index (χ2v) is 8.08. The highest BCUT2D eigenvalue weighted by Crippen LogP contribution is 2.34. The second-order valence-electron chi connectivity index (χ2n) is 6.43. The van der Waals surface area contributed by atoms with E-state index in [1.165, 1.54) is 0 Å². The number of anilines is 1. The smallest absolute Gasteiger partial charge is 0.244 e. The van der Waals surface area contributed by atoms with Crippen molar-refractivity contribution in [2.75, 3.05) is 45.2 Å². The molecule has 2 aliphatic rings. The summed E-state index contributed by atoms with van der Waals surface area (Å²) in [4.78, 5) is 14.2. The number of nitrogens with one attached hydrogen (secondary N) is 3. The Hall–Kier alpha value is -1.68. The third-order valence-electron chi connectivity index (χ3n) is 4.59. The molecule has 2 aliphatic heterocycles. The molecule has 3 rings (SSSR count). The summed E-state index contributed by atoms with van der Waals surface area (Å²) in [5.74, 6) is -0.0458. The second kappa shape index (κ2) is 7.28. The van der Waals surface area contributed by atoms with Crippen molar-refractivity contribution in [1.82, 2.24) is 14.9 Å². The zero-order valence-electron chi connectivity index (χ0n) is 14.2. The van der Waals surface area contributed by atoms with Crippen LogP contribution >= 0.6 is 0 Å². The Kier molecular flexibility index (Phi) is 5.28. The number of carbonyl (C=O) groups is 1. The van der Waals surface area contributed by atoms with Gasteiger partial charge in [-0.1, -0.05) is 12.1 Å². The molecule has 0 saturated carbocycles. The number of rotatable bonds is 5. The van der Waals surface area contributed by atoms with Crippen molar-refractivity contribution in [3.63, 3.8) is 0 Å². The highest BCUT2D eigenvalue weighted by atomic mass is 32.2. The first-order chi connectivity index (χ1) is 11.9. The van der Waals surface area contributed by atoms with E-state index in [1.54, 1.807) is 25.3 Å². The van der Waals surface area contributed by atoms with Gasteiger partial charge >= 0.3 is 0 Å². The van der Waals surface area contributed by atoms with E-state index in [4.69, 9.17) is 4.74 Å². The van der Waals surface area contributed by atoms with Gasteiger partial charge in [-0.15, -0.1) is 0 Å². The lowest BCUT2D eigenvalue weighted by Gasteiger charge is -2.45. The molecule has 1 spiro atoms. The van der Waals surface area contributed by atoms with Gasteiger partial charge < -0.3 is 15.4 Å². The van der Waals surface area contributed by atoms with Crippen LogP contribution in [0.4, 0.5) is 5.69 Å². The molecule has 2 heterocycles. The van der Waals surface area contributed by atoms with Crippen LogP contribution in [0.1, 0.15) is 12.8 Å². The first kappa shape index (κ1) is 18.1. The number of hydrogen-bond donors (Lipinski definition) is 3. The fraction of sp³-hybridized carbons (Fsp3) is 0.562. The van der Waals surface area contributed by atoms with Crippen LogP contribution in [-0.2, 0) is 19.6 Å². The topological polar surface area (TPSA) is 99.8 Å². The molecule has 0 bridgehead atoms. The quantitative estimate of drug-likeness (QED) is 0.630. The van der Waals surface area contributed by atoms with E-state index >= 15 is 0 Å². The van der Waals surface area contributed by atoms with Crippen molar-refractivity contribution in [2.45, 2.75) is 23.4 Å². The summed E-state index contributed by atoms with van der Waals surface area (Å²) in [5, 5.41) is 6.14. The lowest BCUT2D eigenvalue weighted by molar-refractivity contribution is -0.122. The van der Waals surface area contributed by atoms with E-state index in [2.05, 4.69) is 15.4 Å². The highest BCUT2D eigenvalue weighted by Gasteiger charge is 2.43. The van der Waals surface area contributed by atoms with Gasteiger partial charge in [-0.25, -0.2) is 8.42 Å². The van der Waals surface area contributed by atoms with Gasteiger partial charge in [-0.05, 0) is 25.0 Å². The number of amides is 1. The number of benzene rings is 1. The van der Waals surface area contributed by atoms with Gasteiger partial charge in [-0.2, -0.15) is 4.72 Å². The van der Waals surface area contributed by atoms with Gasteiger partial charge in [0, 0.05) is 26.7 Å². The molecule has 138 valence electrons. The maximum atomic E-state index is 12.5. The van der Waals surface area contributed by atoms with Crippen LogP contribution < -0.4 is 15.4 Å². The largest absolute Gasteiger partial charge is 0.383 e. The Morgan fingerprint density at radius 3 is 2.76 bits per heavy atom. The van der Waals surface area contributed by atoms with Crippen molar-refractivity contribution in [1.29, 1.82) is 0 Å². The van der Waals surface area contributed by atoms with Gasteiger partial charge in [0.15, 0.2) is 0 Å². The molecule has 1 saturated heterocycles. The Morgan fingerprint density at radius 1 is 1.32 bits per heavy atom. The third-order valence-corrected chi connectivity index (χ3v) is 6.18. The van der Waals surface area contributed by atoms with Crippen LogP contribution in [0.2, 0.25) is 0 Å². The number of piperidine rings is 1. The van der Waals surface area contributed by atoms with Gasteiger partial charge in [0.2, 0.25) is 15.9 Å². The molecule has 8 nitrogen and oxygen atoms in total.